The maximum Gasteiger partial charge on any atom is 0.191 e. The first-order valence-corrected chi connectivity index (χ1v) is 8.96. The van der Waals surface area contributed by atoms with E-state index in [9.17, 15) is 0 Å². The molecule has 132 valence electrons. The van der Waals surface area contributed by atoms with Crippen molar-refractivity contribution in [3.05, 3.63) is 71.2 Å². The molecule has 0 aliphatic heterocycles. The van der Waals surface area contributed by atoms with Gasteiger partial charge in [0.1, 0.15) is 0 Å². The van der Waals surface area contributed by atoms with Gasteiger partial charge in [0.15, 0.2) is 7.28 Å². The normalized spacial score (nSPS) is 15.9. The summed E-state index contributed by atoms with van der Waals surface area (Å²) in [6.45, 7) is 23.8. The van der Waals surface area contributed by atoms with Gasteiger partial charge < -0.3 is 0 Å². The fraction of sp³-hybridized carbons (Fsp3) is 0.478. The predicted molar refractivity (Wildman–Crippen MR) is 115 cm³/mol. The van der Waals surface area contributed by atoms with Crippen molar-refractivity contribution >= 4 is 7.28 Å². The summed E-state index contributed by atoms with van der Waals surface area (Å²) < 4.78 is 0. The van der Waals surface area contributed by atoms with Gasteiger partial charge in [-0.15, -0.1) is 0 Å². The molecule has 0 aromatic rings. The number of hydrogen-bond donors (Lipinski definition) is 0. The van der Waals surface area contributed by atoms with Gasteiger partial charge in [0.05, 0.1) is 0 Å². The van der Waals surface area contributed by atoms with Gasteiger partial charge in [-0.2, -0.15) is 0 Å². The smallest absolute Gasteiger partial charge is 0.0996 e. The minimum atomic E-state index is 0.174. The third-order valence-corrected chi connectivity index (χ3v) is 4.43. The van der Waals surface area contributed by atoms with E-state index >= 15 is 0 Å². The maximum atomic E-state index is 3.98. The van der Waals surface area contributed by atoms with Crippen molar-refractivity contribution in [2.45, 2.75) is 62.3 Å². The van der Waals surface area contributed by atoms with Gasteiger partial charge >= 0.3 is 0 Å². The van der Waals surface area contributed by atoms with E-state index in [1.807, 2.05) is 6.08 Å². The Labute approximate surface area is 152 Å². The SMILES string of the molecule is C=C/C(BC(/C=C\C(=C/C)C(C)(C)C)=C/C)=C\C=C(/C)C(C)(C)C. The molecule has 0 radical (unpaired) electrons. The van der Waals surface area contributed by atoms with Gasteiger partial charge in [-0.3, -0.25) is 0 Å². The van der Waals surface area contributed by atoms with Crippen LogP contribution in [0.15, 0.2) is 71.2 Å². The van der Waals surface area contributed by atoms with Crippen LogP contribution in [-0.4, -0.2) is 7.28 Å². The highest BCUT2D eigenvalue weighted by Crippen LogP contribution is 2.26. The molecule has 0 aliphatic carbocycles. The lowest BCUT2D eigenvalue weighted by Gasteiger charge is -2.20. The highest BCUT2D eigenvalue weighted by atomic mass is 14.2. The maximum absolute atomic E-state index is 3.98. The van der Waals surface area contributed by atoms with E-state index in [1.54, 1.807) is 0 Å². The molecule has 0 saturated heterocycles. The van der Waals surface area contributed by atoms with Crippen molar-refractivity contribution in [1.29, 1.82) is 0 Å². The molecule has 0 saturated carbocycles. The summed E-state index contributed by atoms with van der Waals surface area (Å²) in [5, 5.41) is 0. The van der Waals surface area contributed by atoms with Crippen molar-refractivity contribution in [3.63, 3.8) is 0 Å². The molecular weight excluding hydrogens is 287 g/mol. The minimum absolute atomic E-state index is 0.174. The molecule has 0 spiro atoms. The summed E-state index contributed by atoms with van der Waals surface area (Å²) >= 11 is 0. The van der Waals surface area contributed by atoms with Crippen LogP contribution in [0.5, 0.6) is 0 Å². The van der Waals surface area contributed by atoms with Crippen LogP contribution >= 0.6 is 0 Å². The Bertz CT molecular complexity index is 564. The average Bonchev–Trinajstić information content (AvgIpc) is 2.47. The van der Waals surface area contributed by atoms with E-state index in [2.05, 4.69) is 105 Å². The molecular formula is C23H37B. The van der Waals surface area contributed by atoms with Gasteiger partial charge in [-0.1, -0.05) is 107 Å². The number of allylic oxidation sites excluding steroid dienone is 11. The van der Waals surface area contributed by atoms with Crippen molar-refractivity contribution in [1.82, 2.24) is 0 Å². The summed E-state index contributed by atoms with van der Waals surface area (Å²) in [6.07, 6.45) is 15.2. The molecule has 0 rings (SSSR count). The topological polar surface area (TPSA) is 0 Å². The minimum Gasteiger partial charge on any atom is -0.0996 e. The van der Waals surface area contributed by atoms with Gasteiger partial charge in [-0.25, -0.2) is 0 Å². The van der Waals surface area contributed by atoms with E-state index in [4.69, 9.17) is 0 Å². The van der Waals surface area contributed by atoms with Crippen LogP contribution in [0.2, 0.25) is 0 Å². The van der Waals surface area contributed by atoms with Crippen LogP contribution in [-0.2, 0) is 0 Å². The van der Waals surface area contributed by atoms with Crippen LogP contribution in [0.1, 0.15) is 62.3 Å². The second-order valence-electron chi connectivity index (χ2n) is 8.41. The van der Waals surface area contributed by atoms with E-state index in [-0.39, 0.29) is 10.8 Å². The molecule has 0 amide bonds. The highest BCUT2D eigenvalue weighted by Gasteiger charge is 2.13. The fourth-order valence-electron chi connectivity index (χ4n) is 2.15. The Morgan fingerprint density at radius 3 is 1.75 bits per heavy atom. The Kier molecular flexibility index (Phi) is 9.11. The van der Waals surface area contributed by atoms with Gasteiger partial charge in [0, 0.05) is 0 Å². The summed E-state index contributed by atoms with van der Waals surface area (Å²) in [7, 11) is 0.908. The highest BCUT2D eigenvalue weighted by molar-refractivity contribution is 6.55. The molecule has 0 aliphatic rings. The van der Waals surface area contributed by atoms with Crippen LogP contribution in [0.4, 0.5) is 0 Å². The molecule has 0 bridgehead atoms. The lowest BCUT2D eigenvalue weighted by Crippen LogP contribution is -2.07. The molecule has 0 N–H and O–H groups in total. The molecule has 24 heavy (non-hydrogen) atoms. The van der Waals surface area contributed by atoms with E-state index in [0.29, 0.717) is 0 Å². The van der Waals surface area contributed by atoms with Gasteiger partial charge in [-0.05, 0) is 37.2 Å². The van der Waals surface area contributed by atoms with Crippen LogP contribution in [0.3, 0.4) is 0 Å². The first kappa shape index (κ1) is 22.5. The molecule has 0 aromatic carbocycles. The van der Waals surface area contributed by atoms with E-state index in [0.717, 1.165) is 7.28 Å². The fourth-order valence-corrected chi connectivity index (χ4v) is 2.15. The zero-order valence-electron chi connectivity index (χ0n) is 17.5. The molecule has 0 atom stereocenters. The largest absolute Gasteiger partial charge is 0.191 e. The second kappa shape index (κ2) is 9.72. The Morgan fingerprint density at radius 2 is 1.38 bits per heavy atom. The Hall–Kier alpha value is -1.50. The first-order chi connectivity index (χ1) is 11.0. The van der Waals surface area contributed by atoms with E-state index in [1.165, 1.54) is 22.1 Å². The third-order valence-electron chi connectivity index (χ3n) is 4.43. The Morgan fingerprint density at radius 1 is 0.792 bits per heavy atom. The molecule has 0 fully saturated rings. The molecule has 0 heterocycles. The number of hydrogen-bond acceptors (Lipinski definition) is 0. The van der Waals surface area contributed by atoms with Crippen molar-refractivity contribution in [3.8, 4) is 0 Å². The van der Waals surface area contributed by atoms with Crippen LogP contribution in [0.25, 0.3) is 0 Å². The standard InChI is InChI=1S/C23H37B/c1-11-19(23(8,9)10)15-17-21(13-3)24-20(12-2)16-14-18(4)22(5,6)7/h11-17,24H,2H2,1,3-10H3/b17-15-,18-14+,19-11+,20-16+,21-13+. The van der Waals surface area contributed by atoms with E-state index < -0.39 is 0 Å². The third kappa shape index (κ3) is 8.38. The molecule has 0 nitrogen and oxygen atoms in total. The van der Waals surface area contributed by atoms with Crippen LogP contribution < -0.4 is 0 Å². The average molecular weight is 324 g/mol. The summed E-state index contributed by atoms with van der Waals surface area (Å²) in [5.74, 6) is 0. The quantitative estimate of drug-likeness (QED) is 0.367. The number of rotatable bonds is 6. The lowest BCUT2D eigenvalue weighted by molar-refractivity contribution is 0.504. The monoisotopic (exact) mass is 324 g/mol. The second-order valence-corrected chi connectivity index (χ2v) is 8.41. The molecule has 0 unspecified atom stereocenters. The first-order valence-electron chi connectivity index (χ1n) is 8.96. The molecule has 1 heteroatoms. The zero-order chi connectivity index (χ0) is 19.0. The summed E-state index contributed by atoms with van der Waals surface area (Å²) in [5.41, 5.74) is 5.67. The molecule has 0 aromatic heterocycles. The lowest BCUT2D eigenvalue weighted by atomic mass is 9.62. The van der Waals surface area contributed by atoms with Crippen molar-refractivity contribution in [2.75, 3.05) is 0 Å². The predicted octanol–water partition coefficient (Wildman–Crippen LogP) is 6.94. The van der Waals surface area contributed by atoms with Gasteiger partial charge in [0.2, 0.25) is 0 Å². The Balaban J connectivity index is 5.28. The van der Waals surface area contributed by atoms with Gasteiger partial charge in [0.25, 0.3) is 0 Å². The van der Waals surface area contributed by atoms with Crippen molar-refractivity contribution < 1.29 is 0 Å². The summed E-state index contributed by atoms with van der Waals surface area (Å²) in [6, 6.07) is 0. The van der Waals surface area contributed by atoms with Crippen molar-refractivity contribution in [2.24, 2.45) is 10.8 Å². The summed E-state index contributed by atoms with van der Waals surface area (Å²) in [4.78, 5) is 0. The van der Waals surface area contributed by atoms with Crippen LogP contribution in [0, 0.1) is 10.8 Å². The zero-order valence-corrected chi connectivity index (χ0v) is 17.5.